The third-order valence-corrected chi connectivity index (χ3v) is 4.41. The number of aromatic nitrogens is 4. The summed E-state index contributed by atoms with van der Waals surface area (Å²) in [5, 5.41) is 8.46. The Morgan fingerprint density at radius 2 is 2.23 bits per heavy atom. The molecule has 118 valence electrons. The summed E-state index contributed by atoms with van der Waals surface area (Å²) in [5.41, 5.74) is 1.03. The fourth-order valence-electron chi connectivity index (χ4n) is 3.13. The molecule has 2 aromatic heterocycles. The van der Waals surface area contributed by atoms with Crippen LogP contribution in [0, 0.1) is 6.92 Å². The van der Waals surface area contributed by atoms with Gasteiger partial charge in [0.25, 0.3) is 0 Å². The molecule has 3 rings (SSSR count). The SMILES string of the molecule is Cc1ccnn1CC(=O)N1CCCC[C@H]1CCn1cccn1. The van der Waals surface area contributed by atoms with Crippen molar-refractivity contribution in [3.63, 3.8) is 0 Å². The summed E-state index contributed by atoms with van der Waals surface area (Å²) >= 11 is 0. The van der Waals surface area contributed by atoms with Crippen LogP contribution in [0.2, 0.25) is 0 Å². The van der Waals surface area contributed by atoms with Crippen molar-refractivity contribution >= 4 is 5.91 Å². The molecule has 0 unspecified atom stereocenters. The van der Waals surface area contributed by atoms with Crippen molar-refractivity contribution in [2.75, 3.05) is 6.54 Å². The topological polar surface area (TPSA) is 56.0 Å². The van der Waals surface area contributed by atoms with Crippen molar-refractivity contribution < 1.29 is 4.79 Å². The minimum Gasteiger partial charge on any atom is -0.338 e. The van der Waals surface area contributed by atoms with E-state index in [1.165, 1.54) is 6.42 Å². The van der Waals surface area contributed by atoms with Crippen molar-refractivity contribution in [2.45, 2.75) is 51.7 Å². The molecule has 0 radical (unpaired) electrons. The molecule has 0 aliphatic carbocycles. The monoisotopic (exact) mass is 301 g/mol. The lowest BCUT2D eigenvalue weighted by Crippen LogP contribution is -2.45. The van der Waals surface area contributed by atoms with E-state index in [1.54, 1.807) is 17.1 Å². The Morgan fingerprint density at radius 1 is 1.32 bits per heavy atom. The van der Waals surface area contributed by atoms with Gasteiger partial charge in [-0.15, -0.1) is 0 Å². The second kappa shape index (κ2) is 6.77. The van der Waals surface area contributed by atoms with Crippen LogP contribution in [0.25, 0.3) is 0 Å². The number of aryl methyl sites for hydroxylation is 2. The number of nitrogens with zero attached hydrogens (tertiary/aromatic N) is 5. The summed E-state index contributed by atoms with van der Waals surface area (Å²) in [6.07, 6.45) is 9.87. The van der Waals surface area contributed by atoms with E-state index in [9.17, 15) is 4.79 Å². The van der Waals surface area contributed by atoms with Crippen LogP contribution in [0.15, 0.2) is 30.7 Å². The normalized spacial score (nSPS) is 18.6. The molecule has 6 heteroatoms. The smallest absolute Gasteiger partial charge is 0.244 e. The average Bonchev–Trinajstić information content (AvgIpc) is 3.18. The molecule has 6 nitrogen and oxygen atoms in total. The predicted molar refractivity (Wildman–Crippen MR) is 83.2 cm³/mol. The van der Waals surface area contributed by atoms with Crippen LogP contribution < -0.4 is 0 Å². The van der Waals surface area contributed by atoms with Crippen molar-refractivity contribution in [2.24, 2.45) is 0 Å². The Hall–Kier alpha value is -2.11. The van der Waals surface area contributed by atoms with E-state index in [1.807, 2.05) is 34.8 Å². The first-order valence-electron chi connectivity index (χ1n) is 7.99. The van der Waals surface area contributed by atoms with Gasteiger partial charge < -0.3 is 4.90 Å². The molecule has 1 aliphatic heterocycles. The van der Waals surface area contributed by atoms with Crippen LogP contribution in [-0.4, -0.2) is 43.0 Å². The summed E-state index contributed by atoms with van der Waals surface area (Å²) in [4.78, 5) is 14.7. The molecule has 1 saturated heterocycles. The fourth-order valence-corrected chi connectivity index (χ4v) is 3.13. The lowest BCUT2D eigenvalue weighted by molar-refractivity contribution is -0.136. The maximum atomic E-state index is 12.6. The molecule has 22 heavy (non-hydrogen) atoms. The van der Waals surface area contributed by atoms with Crippen LogP contribution >= 0.6 is 0 Å². The van der Waals surface area contributed by atoms with Gasteiger partial charge in [-0.2, -0.15) is 10.2 Å². The standard InChI is InChI=1S/C16H23N5O/c1-14-6-9-18-21(14)13-16(22)20-11-3-2-5-15(20)7-12-19-10-4-8-17-19/h4,6,8-10,15H,2-3,5,7,11-13H2,1H3/t15-/m0/s1. The summed E-state index contributed by atoms with van der Waals surface area (Å²) in [6, 6.07) is 4.18. The van der Waals surface area contributed by atoms with E-state index in [-0.39, 0.29) is 5.91 Å². The largest absolute Gasteiger partial charge is 0.338 e. The first-order chi connectivity index (χ1) is 10.7. The van der Waals surface area contributed by atoms with Gasteiger partial charge in [-0.05, 0) is 44.7 Å². The molecular formula is C16H23N5O. The number of likely N-dealkylation sites (tertiary alicyclic amines) is 1. The molecule has 0 saturated carbocycles. The Morgan fingerprint density at radius 3 is 2.95 bits per heavy atom. The number of amides is 1. The molecule has 2 aromatic rings. The maximum Gasteiger partial charge on any atom is 0.244 e. The van der Waals surface area contributed by atoms with Gasteiger partial charge in [-0.1, -0.05) is 0 Å². The Balaban J connectivity index is 1.61. The third kappa shape index (κ3) is 3.37. The highest BCUT2D eigenvalue weighted by molar-refractivity contribution is 5.76. The highest BCUT2D eigenvalue weighted by Gasteiger charge is 2.26. The van der Waals surface area contributed by atoms with Crippen molar-refractivity contribution in [1.82, 2.24) is 24.5 Å². The van der Waals surface area contributed by atoms with Gasteiger partial charge in [-0.3, -0.25) is 14.2 Å². The van der Waals surface area contributed by atoms with E-state index in [4.69, 9.17) is 0 Å². The van der Waals surface area contributed by atoms with Gasteiger partial charge in [0.05, 0.1) is 0 Å². The summed E-state index contributed by atoms with van der Waals surface area (Å²) in [5.74, 6) is 0.178. The molecule has 0 aromatic carbocycles. The average molecular weight is 301 g/mol. The molecule has 3 heterocycles. The molecule has 1 aliphatic rings. The Bertz CT molecular complexity index is 604. The van der Waals surface area contributed by atoms with Gasteiger partial charge >= 0.3 is 0 Å². The Labute approximate surface area is 130 Å². The molecule has 0 bridgehead atoms. The molecule has 1 fully saturated rings. The highest BCUT2D eigenvalue weighted by Crippen LogP contribution is 2.21. The van der Waals surface area contributed by atoms with Crippen molar-refractivity contribution in [3.05, 3.63) is 36.4 Å². The van der Waals surface area contributed by atoms with Gasteiger partial charge in [0.2, 0.25) is 5.91 Å². The molecular weight excluding hydrogens is 278 g/mol. The van der Waals surface area contributed by atoms with Crippen LogP contribution in [0.1, 0.15) is 31.4 Å². The van der Waals surface area contributed by atoms with E-state index in [0.29, 0.717) is 12.6 Å². The maximum absolute atomic E-state index is 12.6. The second-order valence-electron chi connectivity index (χ2n) is 5.92. The zero-order valence-electron chi connectivity index (χ0n) is 13.1. The van der Waals surface area contributed by atoms with Gasteiger partial charge in [0.15, 0.2) is 0 Å². The fraction of sp³-hybridized carbons (Fsp3) is 0.562. The zero-order valence-corrected chi connectivity index (χ0v) is 13.1. The number of piperidine rings is 1. The lowest BCUT2D eigenvalue weighted by atomic mass is 9.99. The first-order valence-corrected chi connectivity index (χ1v) is 7.99. The predicted octanol–water partition coefficient (Wildman–Crippen LogP) is 1.86. The van der Waals surface area contributed by atoms with Crippen LogP contribution in [0.5, 0.6) is 0 Å². The second-order valence-corrected chi connectivity index (χ2v) is 5.92. The number of hydrogen-bond acceptors (Lipinski definition) is 3. The number of carbonyl (C=O) groups is 1. The molecule has 0 N–H and O–H groups in total. The van der Waals surface area contributed by atoms with Crippen LogP contribution in [0.4, 0.5) is 0 Å². The minimum absolute atomic E-state index is 0.178. The summed E-state index contributed by atoms with van der Waals surface area (Å²) in [6.45, 7) is 4.05. The summed E-state index contributed by atoms with van der Waals surface area (Å²) in [7, 11) is 0. The summed E-state index contributed by atoms with van der Waals surface area (Å²) < 4.78 is 3.72. The van der Waals surface area contributed by atoms with Gasteiger partial charge in [0, 0.05) is 43.4 Å². The van der Waals surface area contributed by atoms with E-state index in [0.717, 1.165) is 38.0 Å². The van der Waals surface area contributed by atoms with E-state index >= 15 is 0 Å². The van der Waals surface area contributed by atoms with Crippen molar-refractivity contribution in [1.29, 1.82) is 0 Å². The van der Waals surface area contributed by atoms with Crippen LogP contribution in [0.3, 0.4) is 0 Å². The van der Waals surface area contributed by atoms with Crippen molar-refractivity contribution in [3.8, 4) is 0 Å². The van der Waals surface area contributed by atoms with Gasteiger partial charge in [-0.25, -0.2) is 0 Å². The van der Waals surface area contributed by atoms with E-state index < -0.39 is 0 Å². The lowest BCUT2D eigenvalue weighted by Gasteiger charge is -2.36. The quantitative estimate of drug-likeness (QED) is 0.847. The molecule has 1 atom stereocenters. The minimum atomic E-state index is 0.178. The first kappa shape index (κ1) is 14.8. The zero-order chi connectivity index (χ0) is 15.4. The van der Waals surface area contributed by atoms with Crippen LogP contribution in [-0.2, 0) is 17.9 Å². The molecule has 1 amide bonds. The number of hydrogen-bond donors (Lipinski definition) is 0. The number of rotatable bonds is 5. The number of carbonyl (C=O) groups excluding carboxylic acids is 1. The highest BCUT2D eigenvalue weighted by atomic mass is 16.2. The van der Waals surface area contributed by atoms with Gasteiger partial charge in [0.1, 0.15) is 6.54 Å². The Kier molecular flexibility index (Phi) is 4.56. The van der Waals surface area contributed by atoms with E-state index in [2.05, 4.69) is 10.2 Å². The molecule has 0 spiro atoms. The third-order valence-electron chi connectivity index (χ3n) is 4.41.